The van der Waals surface area contributed by atoms with Gasteiger partial charge in [0.15, 0.2) is 0 Å². The standard InChI is InChI=1S/C15H17F3N2O/c1-9-13(21)14(2,3)8-20(9)11-5-4-10(7-19)12(6-11)15(16,17)18/h4-6,9,13,21H,8H2,1-3H3/t9-,13-/m0/s1. The SMILES string of the molecule is C[C@H]1[C@H](O)C(C)(C)CN1c1ccc(C#N)c(C(F)(F)F)c1. The average molecular weight is 298 g/mol. The molecule has 1 aliphatic rings. The summed E-state index contributed by atoms with van der Waals surface area (Å²) in [6, 6.07) is 4.96. The van der Waals surface area contributed by atoms with Gasteiger partial charge in [-0.1, -0.05) is 13.8 Å². The Hall–Kier alpha value is -1.74. The molecule has 0 amide bonds. The molecular weight excluding hydrogens is 281 g/mol. The van der Waals surface area contributed by atoms with E-state index in [1.165, 1.54) is 12.1 Å². The van der Waals surface area contributed by atoms with Gasteiger partial charge in [0.1, 0.15) is 0 Å². The largest absolute Gasteiger partial charge is 0.417 e. The first-order valence-electron chi connectivity index (χ1n) is 6.64. The molecule has 0 radical (unpaired) electrons. The van der Waals surface area contributed by atoms with E-state index in [-0.39, 0.29) is 6.04 Å². The molecule has 21 heavy (non-hydrogen) atoms. The van der Waals surface area contributed by atoms with E-state index in [4.69, 9.17) is 5.26 Å². The first-order valence-corrected chi connectivity index (χ1v) is 6.64. The number of nitrogens with zero attached hydrogens (tertiary/aromatic N) is 2. The van der Waals surface area contributed by atoms with Gasteiger partial charge in [0, 0.05) is 17.6 Å². The number of aliphatic hydroxyl groups excluding tert-OH is 1. The zero-order valence-electron chi connectivity index (χ0n) is 12.1. The molecule has 114 valence electrons. The summed E-state index contributed by atoms with van der Waals surface area (Å²) in [4.78, 5) is 1.75. The van der Waals surface area contributed by atoms with Crippen LogP contribution < -0.4 is 4.90 Å². The quantitative estimate of drug-likeness (QED) is 0.866. The zero-order valence-corrected chi connectivity index (χ0v) is 12.1. The fourth-order valence-electron chi connectivity index (χ4n) is 2.87. The van der Waals surface area contributed by atoms with E-state index in [0.29, 0.717) is 12.2 Å². The van der Waals surface area contributed by atoms with Crippen LogP contribution in [0, 0.1) is 16.7 Å². The molecule has 0 aliphatic carbocycles. The van der Waals surface area contributed by atoms with Gasteiger partial charge >= 0.3 is 6.18 Å². The Morgan fingerprint density at radius 3 is 2.43 bits per heavy atom. The van der Waals surface area contributed by atoms with Gasteiger partial charge in [0.2, 0.25) is 0 Å². The normalized spacial score (nSPS) is 25.0. The van der Waals surface area contributed by atoms with Crippen LogP contribution in [0.1, 0.15) is 31.9 Å². The van der Waals surface area contributed by atoms with Gasteiger partial charge in [-0.3, -0.25) is 0 Å². The summed E-state index contributed by atoms with van der Waals surface area (Å²) < 4.78 is 39.0. The minimum atomic E-state index is -4.57. The van der Waals surface area contributed by atoms with Gasteiger partial charge < -0.3 is 10.0 Å². The maximum atomic E-state index is 13.0. The number of rotatable bonds is 1. The van der Waals surface area contributed by atoms with Crippen LogP contribution in [-0.2, 0) is 6.18 Å². The Morgan fingerprint density at radius 1 is 1.38 bits per heavy atom. The first-order chi connectivity index (χ1) is 9.58. The van der Waals surface area contributed by atoms with Crippen LogP contribution in [0.2, 0.25) is 0 Å². The highest BCUT2D eigenvalue weighted by Crippen LogP contribution is 2.40. The topological polar surface area (TPSA) is 47.3 Å². The summed E-state index contributed by atoms with van der Waals surface area (Å²) in [6.07, 6.45) is -5.19. The molecule has 1 aromatic rings. The van der Waals surface area contributed by atoms with Crippen molar-refractivity contribution in [3.8, 4) is 6.07 Å². The average Bonchev–Trinajstić information content (AvgIpc) is 2.60. The van der Waals surface area contributed by atoms with Crippen molar-refractivity contribution in [1.29, 1.82) is 5.26 Å². The summed E-state index contributed by atoms with van der Waals surface area (Å²) in [5.41, 5.74) is -1.35. The Balaban J connectivity index is 2.46. The molecule has 1 aliphatic heterocycles. The minimum Gasteiger partial charge on any atom is -0.390 e. The number of aliphatic hydroxyl groups is 1. The first kappa shape index (κ1) is 15.6. The molecule has 0 spiro atoms. The molecule has 1 fully saturated rings. The van der Waals surface area contributed by atoms with E-state index in [0.717, 1.165) is 6.07 Å². The van der Waals surface area contributed by atoms with Crippen LogP contribution in [0.15, 0.2) is 18.2 Å². The van der Waals surface area contributed by atoms with Gasteiger partial charge in [-0.15, -0.1) is 0 Å². The maximum Gasteiger partial charge on any atom is 0.417 e. The van der Waals surface area contributed by atoms with Gasteiger partial charge in [-0.2, -0.15) is 18.4 Å². The van der Waals surface area contributed by atoms with Crippen LogP contribution >= 0.6 is 0 Å². The number of hydrogen-bond donors (Lipinski definition) is 1. The molecule has 3 nitrogen and oxygen atoms in total. The number of anilines is 1. The Bertz CT molecular complexity index is 590. The van der Waals surface area contributed by atoms with Crippen LogP contribution in [0.5, 0.6) is 0 Å². The van der Waals surface area contributed by atoms with Crippen molar-refractivity contribution in [2.75, 3.05) is 11.4 Å². The minimum absolute atomic E-state index is 0.283. The lowest BCUT2D eigenvalue weighted by molar-refractivity contribution is -0.137. The van der Waals surface area contributed by atoms with Crippen LogP contribution in [0.4, 0.5) is 18.9 Å². The van der Waals surface area contributed by atoms with E-state index >= 15 is 0 Å². The third-order valence-electron chi connectivity index (χ3n) is 4.09. The number of nitriles is 1. The van der Waals surface area contributed by atoms with Crippen molar-refractivity contribution in [2.24, 2.45) is 5.41 Å². The summed E-state index contributed by atoms with van der Waals surface area (Å²) in [5, 5.41) is 19.0. The second-order valence-corrected chi connectivity index (χ2v) is 6.14. The monoisotopic (exact) mass is 298 g/mol. The van der Waals surface area contributed by atoms with Gasteiger partial charge in [-0.05, 0) is 25.1 Å². The molecule has 1 aromatic carbocycles. The lowest BCUT2D eigenvalue weighted by Crippen LogP contribution is -2.33. The molecule has 0 aromatic heterocycles. The Labute approximate surface area is 121 Å². The Kier molecular flexibility index (Phi) is 3.66. The van der Waals surface area contributed by atoms with Crippen LogP contribution in [0.25, 0.3) is 0 Å². The van der Waals surface area contributed by atoms with Crippen molar-refractivity contribution in [2.45, 2.75) is 39.1 Å². The van der Waals surface area contributed by atoms with Crippen LogP contribution in [0.3, 0.4) is 0 Å². The molecule has 0 unspecified atom stereocenters. The fraction of sp³-hybridized carbons (Fsp3) is 0.533. The van der Waals surface area contributed by atoms with Gasteiger partial charge in [0.25, 0.3) is 0 Å². The lowest BCUT2D eigenvalue weighted by atomic mass is 9.88. The molecule has 2 rings (SSSR count). The van der Waals surface area contributed by atoms with Gasteiger partial charge in [-0.25, -0.2) is 0 Å². The summed E-state index contributed by atoms with van der Waals surface area (Å²) in [6.45, 7) is 5.99. The van der Waals surface area contributed by atoms with Gasteiger partial charge in [0.05, 0.1) is 29.3 Å². The molecular formula is C15H17F3N2O. The number of halogens is 3. The summed E-state index contributed by atoms with van der Waals surface area (Å²) in [5.74, 6) is 0. The third-order valence-corrected chi connectivity index (χ3v) is 4.09. The second-order valence-electron chi connectivity index (χ2n) is 6.14. The molecule has 2 atom stereocenters. The maximum absolute atomic E-state index is 13.0. The molecule has 6 heteroatoms. The summed E-state index contributed by atoms with van der Waals surface area (Å²) in [7, 11) is 0. The highest BCUT2D eigenvalue weighted by molar-refractivity contribution is 5.56. The molecule has 1 saturated heterocycles. The fourth-order valence-corrected chi connectivity index (χ4v) is 2.87. The molecule has 0 bridgehead atoms. The predicted octanol–water partition coefficient (Wildman–Crippen LogP) is 3.17. The van der Waals surface area contributed by atoms with Crippen molar-refractivity contribution in [1.82, 2.24) is 0 Å². The Morgan fingerprint density at radius 2 is 2.00 bits per heavy atom. The third kappa shape index (κ3) is 2.70. The highest BCUT2D eigenvalue weighted by atomic mass is 19.4. The van der Waals surface area contributed by atoms with E-state index in [1.807, 2.05) is 13.8 Å². The van der Waals surface area contributed by atoms with Crippen molar-refractivity contribution in [3.05, 3.63) is 29.3 Å². The van der Waals surface area contributed by atoms with E-state index in [2.05, 4.69) is 0 Å². The molecule has 1 heterocycles. The van der Waals surface area contributed by atoms with Crippen LogP contribution in [-0.4, -0.2) is 23.8 Å². The number of alkyl halides is 3. The number of benzene rings is 1. The molecule has 1 N–H and O–H groups in total. The highest BCUT2D eigenvalue weighted by Gasteiger charge is 2.44. The van der Waals surface area contributed by atoms with Crippen molar-refractivity contribution >= 4 is 5.69 Å². The predicted molar refractivity (Wildman–Crippen MR) is 72.8 cm³/mol. The smallest absolute Gasteiger partial charge is 0.390 e. The van der Waals surface area contributed by atoms with E-state index in [9.17, 15) is 18.3 Å². The molecule has 0 saturated carbocycles. The van der Waals surface area contributed by atoms with Crippen molar-refractivity contribution < 1.29 is 18.3 Å². The summed E-state index contributed by atoms with van der Waals surface area (Å²) >= 11 is 0. The van der Waals surface area contributed by atoms with E-state index in [1.54, 1.807) is 17.9 Å². The number of hydrogen-bond acceptors (Lipinski definition) is 3. The lowest BCUT2D eigenvalue weighted by Gasteiger charge is -2.25. The van der Waals surface area contributed by atoms with E-state index < -0.39 is 28.8 Å². The zero-order chi connectivity index (χ0) is 16.0. The van der Waals surface area contributed by atoms with Crippen molar-refractivity contribution in [3.63, 3.8) is 0 Å². The second kappa shape index (κ2) is 4.92.